The highest BCUT2D eigenvalue weighted by molar-refractivity contribution is 5.93. The van der Waals surface area contributed by atoms with E-state index in [9.17, 15) is 24.6 Å². The van der Waals surface area contributed by atoms with E-state index in [1.54, 1.807) is 39.0 Å². The highest BCUT2D eigenvalue weighted by Gasteiger charge is 2.49. The van der Waals surface area contributed by atoms with Crippen molar-refractivity contribution in [1.29, 1.82) is 0 Å². The normalized spacial score (nSPS) is 16.9. The predicted molar refractivity (Wildman–Crippen MR) is 191 cm³/mol. The number of carbonyl (C=O) groups excluding carboxylic acids is 3. The second kappa shape index (κ2) is 22.1. The van der Waals surface area contributed by atoms with Crippen LogP contribution in [-0.4, -0.2) is 85.1 Å². The number of aliphatic hydroxyl groups is 1. The van der Waals surface area contributed by atoms with Crippen LogP contribution >= 0.6 is 0 Å². The Labute approximate surface area is 299 Å². The summed E-state index contributed by atoms with van der Waals surface area (Å²) in [5.74, 6) is -4.18. The van der Waals surface area contributed by atoms with Crippen LogP contribution in [0.1, 0.15) is 117 Å². The third-order valence-electron chi connectivity index (χ3n) is 8.90. The Balaban J connectivity index is 2.13. The zero-order chi connectivity index (χ0) is 37.0. The number of rotatable bonds is 24. The first-order chi connectivity index (χ1) is 23.8. The molecule has 1 amide bonds. The summed E-state index contributed by atoms with van der Waals surface area (Å²) in [6, 6.07) is 5.10. The van der Waals surface area contributed by atoms with Crippen molar-refractivity contribution >= 4 is 17.8 Å². The fourth-order valence-corrected chi connectivity index (χ4v) is 6.09. The van der Waals surface area contributed by atoms with Gasteiger partial charge in [-0.25, -0.2) is 9.59 Å². The summed E-state index contributed by atoms with van der Waals surface area (Å²) in [6.45, 7) is 8.52. The van der Waals surface area contributed by atoms with Crippen LogP contribution in [0, 0.1) is 5.92 Å². The predicted octanol–water partition coefficient (Wildman–Crippen LogP) is 6.32. The second-order valence-corrected chi connectivity index (χ2v) is 14.3. The van der Waals surface area contributed by atoms with Crippen molar-refractivity contribution in [3.63, 3.8) is 0 Å². The molecule has 0 spiro atoms. The third kappa shape index (κ3) is 15.1. The van der Waals surface area contributed by atoms with E-state index < -0.39 is 46.8 Å². The Morgan fingerprint density at radius 1 is 0.940 bits per heavy atom. The molecule has 0 bridgehead atoms. The molecule has 11 heteroatoms. The van der Waals surface area contributed by atoms with Gasteiger partial charge in [0.2, 0.25) is 5.91 Å². The SMILES string of the molecule is CCCCCCCC1(CCCCCC/C=C/[C@H](C(=O)N[C@@H](Cc2ccc(O)cc2)C(=O)OC)[C@@](O)(CCOC)C(=O)OC(C)(C)C)OCCO1. The van der Waals surface area contributed by atoms with E-state index in [1.807, 2.05) is 0 Å². The highest BCUT2D eigenvalue weighted by atomic mass is 16.7. The van der Waals surface area contributed by atoms with Crippen LogP contribution in [0.5, 0.6) is 5.75 Å². The second-order valence-electron chi connectivity index (χ2n) is 14.3. The molecule has 2 rings (SSSR count). The van der Waals surface area contributed by atoms with Gasteiger partial charge < -0.3 is 39.2 Å². The smallest absolute Gasteiger partial charge is 0.339 e. The van der Waals surface area contributed by atoms with Crippen molar-refractivity contribution in [2.45, 2.75) is 141 Å². The number of amides is 1. The molecule has 1 fully saturated rings. The first kappa shape index (κ1) is 43.2. The average Bonchev–Trinajstić information content (AvgIpc) is 3.54. The van der Waals surface area contributed by atoms with Crippen LogP contribution < -0.4 is 5.32 Å². The summed E-state index contributed by atoms with van der Waals surface area (Å²) in [6.07, 6.45) is 15.4. The van der Waals surface area contributed by atoms with Crippen molar-refractivity contribution in [1.82, 2.24) is 5.32 Å². The molecule has 50 heavy (non-hydrogen) atoms. The van der Waals surface area contributed by atoms with Crippen LogP contribution in [-0.2, 0) is 44.5 Å². The lowest BCUT2D eigenvalue weighted by Crippen LogP contribution is -2.56. The van der Waals surface area contributed by atoms with Gasteiger partial charge in [-0.1, -0.05) is 69.7 Å². The van der Waals surface area contributed by atoms with E-state index in [-0.39, 0.29) is 25.2 Å². The summed E-state index contributed by atoms with van der Waals surface area (Å²) in [7, 11) is 2.65. The topological polar surface area (TPSA) is 150 Å². The van der Waals surface area contributed by atoms with E-state index in [0.717, 1.165) is 44.9 Å². The molecule has 0 radical (unpaired) electrons. The van der Waals surface area contributed by atoms with E-state index in [0.29, 0.717) is 25.2 Å². The maximum atomic E-state index is 13.9. The van der Waals surface area contributed by atoms with Crippen LogP contribution in [0.15, 0.2) is 36.4 Å². The quantitative estimate of drug-likeness (QED) is 0.0634. The lowest BCUT2D eigenvalue weighted by atomic mass is 9.82. The third-order valence-corrected chi connectivity index (χ3v) is 8.90. The molecule has 1 saturated heterocycles. The molecule has 284 valence electrons. The molecule has 0 saturated carbocycles. The Bertz CT molecular complexity index is 1170. The Morgan fingerprint density at radius 2 is 1.54 bits per heavy atom. The number of allylic oxidation sites excluding steroid dienone is 1. The number of benzene rings is 1. The number of hydrogen-bond donors (Lipinski definition) is 3. The molecule has 1 aliphatic heterocycles. The average molecular weight is 706 g/mol. The van der Waals surface area contributed by atoms with Gasteiger partial charge in [0, 0.05) is 39.4 Å². The van der Waals surface area contributed by atoms with Crippen LogP contribution in [0.25, 0.3) is 0 Å². The first-order valence-electron chi connectivity index (χ1n) is 18.3. The van der Waals surface area contributed by atoms with Gasteiger partial charge in [0.15, 0.2) is 11.4 Å². The van der Waals surface area contributed by atoms with Gasteiger partial charge in [0.05, 0.1) is 26.2 Å². The van der Waals surface area contributed by atoms with Gasteiger partial charge in [-0.15, -0.1) is 0 Å². The van der Waals surface area contributed by atoms with E-state index in [4.69, 9.17) is 23.7 Å². The van der Waals surface area contributed by atoms with E-state index >= 15 is 0 Å². The highest BCUT2D eigenvalue weighted by Crippen LogP contribution is 2.32. The van der Waals surface area contributed by atoms with Crippen molar-refractivity contribution < 1.29 is 48.3 Å². The van der Waals surface area contributed by atoms with Crippen LogP contribution in [0.3, 0.4) is 0 Å². The minimum atomic E-state index is -2.28. The van der Waals surface area contributed by atoms with Gasteiger partial charge in [0.25, 0.3) is 0 Å². The Morgan fingerprint density at radius 3 is 2.10 bits per heavy atom. The van der Waals surface area contributed by atoms with Gasteiger partial charge in [-0.3, -0.25) is 4.79 Å². The molecule has 3 atom stereocenters. The fourth-order valence-electron chi connectivity index (χ4n) is 6.09. The molecule has 0 aromatic heterocycles. The molecule has 3 N–H and O–H groups in total. The summed E-state index contributed by atoms with van der Waals surface area (Å²) >= 11 is 0. The van der Waals surface area contributed by atoms with Crippen LogP contribution in [0.2, 0.25) is 0 Å². The number of aromatic hydroxyl groups is 1. The minimum absolute atomic E-state index is 0.0189. The molecular formula is C39H63NO10. The number of phenolic OH excluding ortho intramolecular Hbond substituents is 1. The Hall–Kier alpha value is -2.99. The maximum absolute atomic E-state index is 13.9. The van der Waals surface area contributed by atoms with E-state index in [2.05, 4.69) is 12.2 Å². The molecule has 1 heterocycles. The van der Waals surface area contributed by atoms with Crippen molar-refractivity contribution in [2.24, 2.45) is 5.92 Å². The summed E-state index contributed by atoms with van der Waals surface area (Å²) in [5.41, 5.74) is -2.55. The molecule has 1 aromatic carbocycles. The number of esters is 2. The lowest BCUT2D eigenvalue weighted by Gasteiger charge is -2.35. The van der Waals surface area contributed by atoms with E-state index in [1.165, 1.54) is 58.1 Å². The number of ether oxygens (including phenoxy) is 5. The van der Waals surface area contributed by atoms with Gasteiger partial charge in [-0.2, -0.15) is 0 Å². The summed E-state index contributed by atoms with van der Waals surface area (Å²) in [5, 5.41) is 24.3. The standard InChI is InChI=1S/C39H63NO10/c1-7-8-9-13-16-23-38(48-27-28-49-38)24-17-14-11-10-12-15-18-32(39(45,25-26-46-5)36(44)50-37(2,3)4)34(42)40-33(35(43)47-6)29-30-19-21-31(41)22-20-30/h15,18-22,32-33,41,45H,7-14,16-17,23-29H2,1-6H3,(H,40,42)/b18-15+/t32-,33+,39+/m1/s1. The summed E-state index contributed by atoms with van der Waals surface area (Å²) < 4.78 is 27.9. The minimum Gasteiger partial charge on any atom is -0.508 e. The van der Waals surface area contributed by atoms with Crippen molar-refractivity contribution in [2.75, 3.05) is 34.0 Å². The number of carbonyl (C=O) groups is 3. The fraction of sp³-hybridized carbons (Fsp3) is 0.718. The lowest BCUT2D eigenvalue weighted by molar-refractivity contribution is -0.185. The first-order valence-corrected chi connectivity index (χ1v) is 18.3. The van der Waals surface area contributed by atoms with Crippen molar-refractivity contribution in [3.05, 3.63) is 42.0 Å². The Kier molecular flexibility index (Phi) is 19.0. The molecule has 11 nitrogen and oxygen atoms in total. The van der Waals surface area contributed by atoms with Gasteiger partial charge in [-0.05, 0) is 64.2 Å². The molecule has 0 unspecified atom stereocenters. The maximum Gasteiger partial charge on any atom is 0.339 e. The van der Waals surface area contributed by atoms with Crippen molar-refractivity contribution in [3.8, 4) is 5.75 Å². The monoisotopic (exact) mass is 705 g/mol. The number of unbranched alkanes of at least 4 members (excludes halogenated alkanes) is 8. The summed E-state index contributed by atoms with van der Waals surface area (Å²) in [4.78, 5) is 40.2. The zero-order valence-corrected chi connectivity index (χ0v) is 31.3. The molecule has 0 aliphatic carbocycles. The zero-order valence-electron chi connectivity index (χ0n) is 31.3. The molecular weight excluding hydrogens is 642 g/mol. The number of methoxy groups -OCH3 is 2. The number of phenols is 1. The van der Waals surface area contributed by atoms with Gasteiger partial charge >= 0.3 is 11.9 Å². The van der Waals surface area contributed by atoms with Gasteiger partial charge in [0.1, 0.15) is 17.4 Å². The molecule has 1 aliphatic rings. The number of nitrogens with one attached hydrogen (secondary N) is 1. The molecule has 1 aromatic rings. The number of hydrogen-bond acceptors (Lipinski definition) is 10. The van der Waals surface area contributed by atoms with Crippen LogP contribution in [0.4, 0.5) is 0 Å². The largest absolute Gasteiger partial charge is 0.508 e.